The van der Waals surface area contributed by atoms with Gasteiger partial charge in [0.15, 0.2) is 10.8 Å². The van der Waals surface area contributed by atoms with E-state index in [1.54, 1.807) is 6.92 Å². The third kappa shape index (κ3) is 2.19. The molecule has 0 saturated heterocycles. The summed E-state index contributed by atoms with van der Waals surface area (Å²) in [7, 11) is 0. The van der Waals surface area contributed by atoms with Gasteiger partial charge in [-0.25, -0.2) is 14.8 Å². The molecule has 0 radical (unpaired) electrons. The van der Waals surface area contributed by atoms with Crippen LogP contribution < -0.4 is 5.43 Å². The van der Waals surface area contributed by atoms with Gasteiger partial charge in [0.05, 0.1) is 12.0 Å². The van der Waals surface area contributed by atoms with Gasteiger partial charge in [-0.05, 0) is 13.2 Å². The number of ether oxygens (including phenoxy) is 1. The molecule has 0 aromatic carbocycles. The third-order valence-electron chi connectivity index (χ3n) is 2.15. The van der Waals surface area contributed by atoms with Crippen LogP contribution in [0.3, 0.4) is 0 Å². The van der Waals surface area contributed by atoms with Crippen LogP contribution >= 0.6 is 11.8 Å². The molecule has 18 heavy (non-hydrogen) atoms. The zero-order chi connectivity index (χ0) is 13.1. The van der Waals surface area contributed by atoms with Crippen molar-refractivity contribution in [3.8, 4) is 0 Å². The molecule has 0 unspecified atom stereocenters. The van der Waals surface area contributed by atoms with Crippen molar-refractivity contribution in [1.29, 1.82) is 0 Å². The minimum Gasteiger partial charge on any atom is -0.461 e. The Hall–Kier alpha value is -1.96. The van der Waals surface area contributed by atoms with Crippen LogP contribution in [0.25, 0.3) is 11.0 Å². The van der Waals surface area contributed by atoms with E-state index in [0.29, 0.717) is 10.8 Å². The summed E-state index contributed by atoms with van der Waals surface area (Å²) in [5.41, 5.74) is -0.521. The Morgan fingerprint density at radius 2 is 2.33 bits per heavy atom. The molecule has 1 N–H and O–H groups in total. The van der Waals surface area contributed by atoms with Crippen molar-refractivity contribution in [3.05, 3.63) is 22.1 Å². The quantitative estimate of drug-likeness (QED) is 0.493. The van der Waals surface area contributed by atoms with Gasteiger partial charge < -0.3 is 4.74 Å². The predicted molar refractivity (Wildman–Crippen MR) is 65.7 cm³/mol. The number of hydrogen-bond donors (Lipinski definition) is 1. The van der Waals surface area contributed by atoms with E-state index in [4.69, 9.17) is 4.74 Å². The molecule has 0 aliphatic rings. The molecule has 0 fully saturated rings. The van der Waals surface area contributed by atoms with E-state index in [0.717, 1.165) is 0 Å². The van der Waals surface area contributed by atoms with Crippen molar-refractivity contribution in [1.82, 2.24) is 20.2 Å². The van der Waals surface area contributed by atoms with E-state index in [1.165, 1.54) is 18.0 Å². The lowest BCUT2D eigenvalue weighted by Gasteiger charge is -2.02. The topological polar surface area (TPSA) is 97.8 Å². The van der Waals surface area contributed by atoms with Gasteiger partial charge in [-0.3, -0.25) is 9.89 Å². The number of esters is 1. The summed E-state index contributed by atoms with van der Waals surface area (Å²) in [5.74, 6) is -0.755. The Labute approximate surface area is 106 Å². The van der Waals surface area contributed by atoms with E-state index in [2.05, 4.69) is 20.2 Å². The highest BCUT2D eigenvalue weighted by Gasteiger charge is 2.16. The first kappa shape index (κ1) is 12.5. The molecule has 2 aromatic heterocycles. The standard InChI is InChI=1S/C10H10N4O3S/c1-3-17-9(16)6-7(15)5-4-11-10(18-2)12-8(5)14-13-6/h4H,3H2,1-2H3,(H,11,12,14,15). The molecular weight excluding hydrogens is 256 g/mol. The number of carbonyl (C=O) groups is 1. The number of nitrogens with one attached hydrogen (secondary N) is 1. The fraction of sp³-hybridized carbons (Fsp3) is 0.300. The summed E-state index contributed by atoms with van der Waals surface area (Å²) in [5, 5.41) is 6.98. The SMILES string of the molecule is CCOC(=O)c1n[nH]c2nc(SC)ncc2c1=O. The number of aromatic nitrogens is 4. The number of nitrogens with zero attached hydrogens (tertiary/aromatic N) is 3. The van der Waals surface area contributed by atoms with Crippen LogP contribution in [-0.4, -0.2) is 39.0 Å². The number of hydrogen-bond acceptors (Lipinski definition) is 7. The molecule has 2 aromatic rings. The molecule has 0 amide bonds. The normalized spacial score (nSPS) is 10.6. The van der Waals surface area contributed by atoms with Crippen LogP contribution in [0.5, 0.6) is 0 Å². The molecule has 0 saturated carbocycles. The van der Waals surface area contributed by atoms with Crippen molar-refractivity contribution in [3.63, 3.8) is 0 Å². The summed E-state index contributed by atoms with van der Waals surface area (Å²) in [6, 6.07) is 0. The van der Waals surface area contributed by atoms with Crippen molar-refractivity contribution in [2.24, 2.45) is 0 Å². The zero-order valence-corrected chi connectivity index (χ0v) is 10.6. The number of thioether (sulfide) groups is 1. The molecule has 0 aliphatic carbocycles. The van der Waals surface area contributed by atoms with Crippen LogP contribution in [-0.2, 0) is 4.74 Å². The zero-order valence-electron chi connectivity index (χ0n) is 9.76. The Morgan fingerprint density at radius 1 is 1.56 bits per heavy atom. The Morgan fingerprint density at radius 3 is 3.00 bits per heavy atom. The summed E-state index contributed by atoms with van der Waals surface area (Å²) in [6.45, 7) is 1.83. The van der Waals surface area contributed by atoms with Gasteiger partial charge >= 0.3 is 5.97 Å². The summed E-state index contributed by atoms with van der Waals surface area (Å²) < 4.78 is 4.74. The van der Waals surface area contributed by atoms with Crippen LogP contribution in [0.1, 0.15) is 17.4 Å². The monoisotopic (exact) mass is 266 g/mol. The van der Waals surface area contributed by atoms with Crippen molar-refractivity contribution < 1.29 is 9.53 Å². The molecule has 2 heterocycles. The smallest absolute Gasteiger partial charge is 0.362 e. The molecular formula is C10H10N4O3S. The molecule has 7 nitrogen and oxygen atoms in total. The minimum atomic E-state index is -0.755. The number of aromatic amines is 1. The van der Waals surface area contributed by atoms with Gasteiger partial charge in [0.25, 0.3) is 0 Å². The maximum absolute atomic E-state index is 12.0. The second-order valence-corrected chi connectivity index (χ2v) is 4.01. The Bertz CT molecular complexity index is 655. The van der Waals surface area contributed by atoms with Gasteiger partial charge in [-0.1, -0.05) is 11.8 Å². The maximum Gasteiger partial charge on any atom is 0.362 e. The summed E-state index contributed by atoms with van der Waals surface area (Å²) in [6.07, 6.45) is 3.19. The van der Waals surface area contributed by atoms with E-state index in [9.17, 15) is 9.59 Å². The van der Waals surface area contributed by atoms with Gasteiger partial charge in [0, 0.05) is 6.20 Å². The van der Waals surface area contributed by atoms with E-state index in [-0.39, 0.29) is 17.7 Å². The second-order valence-electron chi connectivity index (χ2n) is 3.24. The number of rotatable bonds is 3. The van der Waals surface area contributed by atoms with Gasteiger partial charge in [0.2, 0.25) is 11.1 Å². The van der Waals surface area contributed by atoms with Crippen molar-refractivity contribution >= 4 is 28.8 Å². The molecule has 94 valence electrons. The molecule has 0 spiro atoms. The maximum atomic E-state index is 12.0. The summed E-state index contributed by atoms with van der Waals surface area (Å²) in [4.78, 5) is 31.5. The third-order valence-corrected chi connectivity index (χ3v) is 2.71. The number of fused-ring (bicyclic) bond motifs is 1. The average molecular weight is 266 g/mol. The fourth-order valence-corrected chi connectivity index (χ4v) is 1.68. The first-order valence-corrected chi connectivity index (χ1v) is 6.36. The molecule has 8 heteroatoms. The van der Waals surface area contributed by atoms with E-state index < -0.39 is 11.4 Å². The van der Waals surface area contributed by atoms with Gasteiger partial charge in [-0.15, -0.1) is 0 Å². The largest absolute Gasteiger partial charge is 0.461 e. The van der Waals surface area contributed by atoms with E-state index in [1.807, 2.05) is 6.26 Å². The summed E-state index contributed by atoms with van der Waals surface area (Å²) >= 11 is 1.34. The average Bonchev–Trinajstić information content (AvgIpc) is 2.38. The van der Waals surface area contributed by atoms with Gasteiger partial charge in [0.1, 0.15) is 0 Å². The number of carbonyl (C=O) groups excluding carboxylic acids is 1. The number of H-pyrrole nitrogens is 1. The second kappa shape index (κ2) is 5.13. The van der Waals surface area contributed by atoms with Crippen LogP contribution in [0.2, 0.25) is 0 Å². The lowest BCUT2D eigenvalue weighted by Crippen LogP contribution is -2.21. The molecule has 0 aliphatic heterocycles. The highest BCUT2D eigenvalue weighted by atomic mass is 32.2. The highest BCUT2D eigenvalue weighted by molar-refractivity contribution is 7.98. The van der Waals surface area contributed by atoms with Crippen molar-refractivity contribution in [2.45, 2.75) is 12.1 Å². The van der Waals surface area contributed by atoms with Crippen LogP contribution in [0.15, 0.2) is 16.1 Å². The predicted octanol–water partition coefficient (Wildman–Crippen LogP) is 0.612. The first-order chi connectivity index (χ1) is 8.67. The lowest BCUT2D eigenvalue weighted by molar-refractivity contribution is 0.0517. The highest BCUT2D eigenvalue weighted by Crippen LogP contribution is 2.10. The van der Waals surface area contributed by atoms with Crippen molar-refractivity contribution in [2.75, 3.05) is 12.9 Å². The lowest BCUT2D eigenvalue weighted by atomic mass is 10.3. The van der Waals surface area contributed by atoms with E-state index >= 15 is 0 Å². The molecule has 2 rings (SSSR count). The Balaban J connectivity index is 2.58. The molecule has 0 atom stereocenters. The first-order valence-electron chi connectivity index (χ1n) is 5.14. The Kier molecular flexibility index (Phi) is 3.56. The molecule has 0 bridgehead atoms. The minimum absolute atomic E-state index is 0.180. The van der Waals surface area contributed by atoms with Crippen LogP contribution in [0, 0.1) is 0 Å². The fourth-order valence-electron chi connectivity index (χ4n) is 1.34. The van der Waals surface area contributed by atoms with Crippen LogP contribution in [0.4, 0.5) is 0 Å². The van der Waals surface area contributed by atoms with Gasteiger partial charge in [-0.2, -0.15) is 5.10 Å².